The summed E-state index contributed by atoms with van der Waals surface area (Å²) in [6.45, 7) is 0.786. The number of amides is 2. The highest BCUT2D eigenvalue weighted by Crippen LogP contribution is 2.24. The quantitative estimate of drug-likeness (QED) is 0.855. The SMILES string of the molecule is CN(C(=O)c1ccc(N2CCCCC2=O)cc1)C1CCCCC1. The zero-order valence-electron chi connectivity index (χ0n) is 14.0. The molecule has 1 aliphatic heterocycles. The van der Waals surface area contributed by atoms with Crippen molar-refractivity contribution in [3.63, 3.8) is 0 Å². The number of carbonyl (C=O) groups is 2. The van der Waals surface area contributed by atoms with Gasteiger partial charge in [0.05, 0.1) is 0 Å². The smallest absolute Gasteiger partial charge is 0.253 e. The van der Waals surface area contributed by atoms with Crippen molar-refractivity contribution in [1.29, 1.82) is 0 Å². The summed E-state index contributed by atoms with van der Waals surface area (Å²) < 4.78 is 0. The molecule has 0 aromatic heterocycles. The van der Waals surface area contributed by atoms with E-state index in [0.717, 1.165) is 37.9 Å². The van der Waals surface area contributed by atoms with Crippen LogP contribution in [0.25, 0.3) is 0 Å². The summed E-state index contributed by atoms with van der Waals surface area (Å²) in [5.74, 6) is 0.281. The lowest BCUT2D eigenvalue weighted by Crippen LogP contribution is -2.38. The van der Waals surface area contributed by atoms with E-state index >= 15 is 0 Å². The molecule has 2 amide bonds. The molecular formula is C19H26N2O2. The first-order chi connectivity index (χ1) is 11.2. The van der Waals surface area contributed by atoms with E-state index in [9.17, 15) is 9.59 Å². The Morgan fingerprint density at radius 3 is 2.39 bits per heavy atom. The largest absolute Gasteiger partial charge is 0.339 e. The maximum atomic E-state index is 12.6. The van der Waals surface area contributed by atoms with Gasteiger partial charge in [-0.1, -0.05) is 19.3 Å². The highest BCUT2D eigenvalue weighted by Gasteiger charge is 2.24. The van der Waals surface area contributed by atoms with Gasteiger partial charge in [0.15, 0.2) is 0 Å². The molecule has 0 unspecified atom stereocenters. The Labute approximate surface area is 138 Å². The van der Waals surface area contributed by atoms with Crippen LogP contribution in [0, 0.1) is 0 Å². The zero-order valence-corrected chi connectivity index (χ0v) is 14.0. The number of hydrogen-bond acceptors (Lipinski definition) is 2. The molecule has 124 valence electrons. The van der Waals surface area contributed by atoms with Crippen molar-refractivity contribution in [3.05, 3.63) is 29.8 Å². The predicted octanol–water partition coefficient (Wildman–Crippen LogP) is 3.61. The fourth-order valence-corrected chi connectivity index (χ4v) is 3.70. The van der Waals surface area contributed by atoms with Crippen LogP contribution in [0.4, 0.5) is 5.69 Å². The summed E-state index contributed by atoms with van der Waals surface area (Å²) in [6.07, 6.45) is 8.62. The summed E-state index contributed by atoms with van der Waals surface area (Å²) in [5, 5.41) is 0. The highest BCUT2D eigenvalue weighted by atomic mass is 16.2. The van der Waals surface area contributed by atoms with E-state index in [2.05, 4.69) is 0 Å². The molecule has 0 radical (unpaired) electrons. The Hall–Kier alpha value is -1.84. The molecule has 1 saturated carbocycles. The number of carbonyl (C=O) groups excluding carboxylic acids is 2. The second-order valence-corrected chi connectivity index (χ2v) is 6.76. The van der Waals surface area contributed by atoms with Gasteiger partial charge >= 0.3 is 0 Å². The second-order valence-electron chi connectivity index (χ2n) is 6.76. The molecule has 1 saturated heterocycles. The minimum absolute atomic E-state index is 0.0911. The zero-order chi connectivity index (χ0) is 16.2. The van der Waals surface area contributed by atoms with E-state index in [4.69, 9.17) is 0 Å². The molecule has 0 atom stereocenters. The third-order valence-electron chi connectivity index (χ3n) is 5.19. The van der Waals surface area contributed by atoms with Gasteiger partial charge in [0.2, 0.25) is 5.91 Å². The van der Waals surface area contributed by atoms with Crippen LogP contribution in [-0.4, -0.2) is 36.3 Å². The lowest BCUT2D eigenvalue weighted by molar-refractivity contribution is -0.119. The lowest BCUT2D eigenvalue weighted by Gasteiger charge is -2.31. The molecule has 2 fully saturated rings. The Bertz CT molecular complexity index is 561. The number of piperidine rings is 1. The molecule has 1 heterocycles. The fourth-order valence-electron chi connectivity index (χ4n) is 3.70. The minimum Gasteiger partial charge on any atom is -0.339 e. The first-order valence-electron chi connectivity index (χ1n) is 8.84. The van der Waals surface area contributed by atoms with E-state index in [0.29, 0.717) is 18.0 Å². The number of anilines is 1. The van der Waals surface area contributed by atoms with Gasteiger partial charge in [-0.2, -0.15) is 0 Å². The lowest BCUT2D eigenvalue weighted by atomic mass is 9.94. The van der Waals surface area contributed by atoms with Gasteiger partial charge < -0.3 is 9.80 Å². The Balaban J connectivity index is 1.68. The standard InChI is InChI=1S/C19H26N2O2/c1-20(16-7-3-2-4-8-16)19(23)15-10-12-17(13-11-15)21-14-6-5-9-18(21)22/h10-13,16H,2-9,14H2,1H3. The van der Waals surface area contributed by atoms with Crippen molar-refractivity contribution >= 4 is 17.5 Å². The first-order valence-corrected chi connectivity index (χ1v) is 8.84. The minimum atomic E-state index is 0.0911. The van der Waals surface area contributed by atoms with Crippen molar-refractivity contribution in [1.82, 2.24) is 4.90 Å². The van der Waals surface area contributed by atoms with Crippen LogP contribution < -0.4 is 4.90 Å². The summed E-state index contributed by atoms with van der Waals surface area (Å²) in [7, 11) is 1.92. The van der Waals surface area contributed by atoms with Crippen molar-refractivity contribution in [2.24, 2.45) is 0 Å². The van der Waals surface area contributed by atoms with Gasteiger partial charge in [-0.05, 0) is 49.9 Å². The van der Waals surface area contributed by atoms with Gasteiger partial charge in [0.1, 0.15) is 0 Å². The van der Waals surface area contributed by atoms with Crippen molar-refractivity contribution in [2.45, 2.75) is 57.4 Å². The summed E-state index contributed by atoms with van der Waals surface area (Å²) >= 11 is 0. The summed E-state index contributed by atoms with van der Waals surface area (Å²) in [5.41, 5.74) is 1.62. The number of rotatable bonds is 3. The first kappa shape index (κ1) is 16.0. The summed E-state index contributed by atoms with van der Waals surface area (Å²) in [6, 6.07) is 7.91. The average Bonchev–Trinajstić information content (AvgIpc) is 2.62. The Kier molecular flexibility index (Phi) is 4.99. The van der Waals surface area contributed by atoms with E-state index in [-0.39, 0.29) is 11.8 Å². The third kappa shape index (κ3) is 3.57. The molecule has 1 aliphatic carbocycles. The molecule has 4 heteroatoms. The normalized spacial score (nSPS) is 19.7. The van der Waals surface area contributed by atoms with E-state index < -0.39 is 0 Å². The van der Waals surface area contributed by atoms with Crippen molar-refractivity contribution < 1.29 is 9.59 Å². The maximum absolute atomic E-state index is 12.6. The molecule has 23 heavy (non-hydrogen) atoms. The predicted molar refractivity (Wildman–Crippen MR) is 91.6 cm³/mol. The summed E-state index contributed by atoms with van der Waals surface area (Å²) in [4.78, 5) is 28.4. The molecule has 4 nitrogen and oxygen atoms in total. The fraction of sp³-hybridized carbons (Fsp3) is 0.579. The van der Waals surface area contributed by atoms with Gasteiger partial charge in [-0.25, -0.2) is 0 Å². The second kappa shape index (κ2) is 7.16. The van der Waals surface area contributed by atoms with Crippen LogP contribution in [0.5, 0.6) is 0 Å². The van der Waals surface area contributed by atoms with E-state index in [1.54, 1.807) is 0 Å². The van der Waals surface area contributed by atoms with Gasteiger partial charge in [0, 0.05) is 37.3 Å². The molecule has 1 aromatic rings. The molecule has 0 N–H and O–H groups in total. The molecule has 2 aliphatic rings. The number of nitrogens with zero attached hydrogens (tertiary/aromatic N) is 2. The van der Waals surface area contributed by atoms with Gasteiger partial charge in [0.25, 0.3) is 5.91 Å². The Morgan fingerprint density at radius 2 is 1.74 bits per heavy atom. The number of benzene rings is 1. The average molecular weight is 314 g/mol. The van der Waals surface area contributed by atoms with Crippen molar-refractivity contribution in [3.8, 4) is 0 Å². The van der Waals surface area contributed by atoms with E-state index in [1.165, 1.54) is 19.3 Å². The maximum Gasteiger partial charge on any atom is 0.253 e. The van der Waals surface area contributed by atoms with Crippen LogP contribution in [0.15, 0.2) is 24.3 Å². The monoisotopic (exact) mass is 314 g/mol. The molecule has 1 aromatic carbocycles. The molecular weight excluding hydrogens is 288 g/mol. The van der Waals surface area contributed by atoms with Crippen LogP contribution in [0.1, 0.15) is 61.7 Å². The van der Waals surface area contributed by atoms with Crippen molar-refractivity contribution in [2.75, 3.05) is 18.5 Å². The molecule has 0 bridgehead atoms. The Morgan fingerprint density at radius 1 is 1.04 bits per heavy atom. The van der Waals surface area contributed by atoms with Crippen LogP contribution >= 0.6 is 0 Å². The topological polar surface area (TPSA) is 40.6 Å². The van der Waals surface area contributed by atoms with E-state index in [1.807, 2.05) is 41.1 Å². The molecule has 0 spiro atoms. The highest BCUT2D eigenvalue weighted by molar-refractivity contribution is 5.97. The third-order valence-corrected chi connectivity index (χ3v) is 5.19. The van der Waals surface area contributed by atoms with Gasteiger partial charge in [-0.3, -0.25) is 9.59 Å². The van der Waals surface area contributed by atoms with Crippen LogP contribution in [0.3, 0.4) is 0 Å². The number of hydrogen-bond donors (Lipinski definition) is 0. The van der Waals surface area contributed by atoms with Crippen LogP contribution in [-0.2, 0) is 4.79 Å². The van der Waals surface area contributed by atoms with Crippen LogP contribution in [0.2, 0.25) is 0 Å². The molecule has 3 rings (SSSR count). The van der Waals surface area contributed by atoms with Gasteiger partial charge in [-0.15, -0.1) is 0 Å².